The highest BCUT2D eigenvalue weighted by Crippen LogP contribution is 2.35. The summed E-state index contributed by atoms with van der Waals surface area (Å²) in [4.78, 5) is 32.6. The van der Waals surface area contributed by atoms with E-state index < -0.39 is 6.61 Å². The van der Waals surface area contributed by atoms with Crippen molar-refractivity contribution in [2.75, 3.05) is 24.6 Å². The fourth-order valence-corrected chi connectivity index (χ4v) is 4.15. The zero-order valence-corrected chi connectivity index (χ0v) is 17.1. The van der Waals surface area contributed by atoms with Crippen LogP contribution in [0, 0.1) is 0 Å². The molecule has 6 nitrogen and oxygen atoms in total. The molecule has 2 aliphatic rings. The van der Waals surface area contributed by atoms with Crippen LogP contribution in [-0.4, -0.2) is 58.5 Å². The monoisotopic (exact) mass is 423 g/mol. The van der Waals surface area contributed by atoms with Crippen molar-refractivity contribution in [3.63, 3.8) is 0 Å². The van der Waals surface area contributed by atoms with Gasteiger partial charge in [-0.3, -0.25) is 9.59 Å². The number of likely N-dealkylation sites (tertiary alicyclic amines) is 1. The van der Waals surface area contributed by atoms with Gasteiger partial charge in [0.05, 0.1) is 17.4 Å². The van der Waals surface area contributed by atoms with Crippen LogP contribution < -0.4 is 4.90 Å². The van der Waals surface area contributed by atoms with Crippen molar-refractivity contribution < 1.29 is 14.7 Å². The Balaban J connectivity index is 1.38. The Morgan fingerprint density at radius 2 is 1.73 bits per heavy atom. The number of aromatic nitrogens is 1. The number of ketones is 1. The minimum atomic E-state index is -0.530. The molecule has 30 heavy (non-hydrogen) atoms. The van der Waals surface area contributed by atoms with Crippen molar-refractivity contribution in [3.05, 3.63) is 71.0 Å². The number of fused-ring (bicyclic) bond motifs is 2. The standard InChI is InChI=1S/C23H22ClN3O3/c24-16-4-8-19(9-5-16)26-13-21-12-20(26)14-27(21)23(30)11-7-18-3-1-2-17(25-18)6-10-22(29)15-28/h1-11,20-21,28H,12-15H2/b10-6+,11-7+. The summed E-state index contributed by atoms with van der Waals surface area (Å²) in [5.41, 5.74) is 2.36. The Morgan fingerprint density at radius 1 is 1.03 bits per heavy atom. The van der Waals surface area contributed by atoms with Crippen LogP contribution in [0.15, 0.2) is 54.6 Å². The second-order valence-electron chi connectivity index (χ2n) is 7.44. The minimum Gasteiger partial charge on any atom is -0.388 e. The largest absolute Gasteiger partial charge is 0.388 e. The number of pyridine rings is 1. The molecule has 1 aromatic carbocycles. The number of aliphatic hydroxyl groups is 1. The van der Waals surface area contributed by atoms with Crippen LogP contribution in [-0.2, 0) is 9.59 Å². The van der Waals surface area contributed by atoms with Crippen LogP contribution in [0.5, 0.6) is 0 Å². The van der Waals surface area contributed by atoms with E-state index in [1.54, 1.807) is 30.4 Å². The summed E-state index contributed by atoms with van der Waals surface area (Å²) in [7, 11) is 0. The highest BCUT2D eigenvalue weighted by molar-refractivity contribution is 6.30. The van der Waals surface area contributed by atoms with Crippen molar-refractivity contribution in [3.8, 4) is 0 Å². The summed E-state index contributed by atoms with van der Waals surface area (Å²) in [6.07, 6.45) is 7.05. The Morgan fingerprint density at radius 3 is 2.37 bits per heavy atom. The Kier molecular flexibility index (Phi) is 5.97. The number of aliphatic hydroxyl groups excluding tert-OH is 1. The van der Waals surface area contributed by atoms with Gasteiger partial charge in [-0.2, -0.15) is 0 Å². The zero-order valence-electron chi connectivity index (χ0n) is 16.3. The summed E-state index contributed by atoms with van der Waals surface area (Å²) in [5, 5.41) is 9.49. The van der Waals surface area contributed by atoms with E-state index in [-0.39, 0.29) is 17.7 Å². The summed E-state index contributed by atoms with van der Waals surface area (Å²) in [5.74, 6) is -0.402. The van der Waals surface area contributed by atoms with Crippen molar-refractivity contribution in [1.82, 2.24) is 9.88 Å². The van der Waals surface area contributed by atoms with Gasteiger partial charge in [-0.25, -0.2) is 4.98 Å². The molecular formula is C23H22ClN3O3. The highest BCUT2D eigenvalue weighted by Gasteiger charge is 2.44. The first-order chi connectivity index (χ1) is 14.5. The molecule has 0 saturated carbocycles. The normalized spacial score (nSPS) is 20.6. The van der Waals surface area contributed by atoms with Crippen LogP contribution in [0.1, 0.15) is 17.8 Å². The molecule has 2 bridgehead atoms. The van der Waals surface area contributed by atoms with Gasteiger partial charge in [-0.15, -0.1) is 0 Å². The first kappa shape index (κ1) is 20.3. The second kappa shape index (κ2) is 8.81. The number of nitrogens with zero attached hydrogens (tertiary/aromatic N) is 3. The second-order valence-corrected chi connectivity index (χ2v) is 7.88. The first-order valence-electron chi connectivity index (χ1n) is 9.83. The maximum atomic E-state index is 12.7. The van der Waals surface area contributed by atoms with E-state index in [0.29, 0.717) is 24.0 Å². The van der Waals surface area contributed by atoms with Crippen molar-refractivity contribution >= 4 is 41.1 Å². The molecule has 0 radical (unpaired) electrons. The van der Waals surface area contributed by atoms with Crippen LogP contribution >= 0.6 is 11.6 Å². The molecule has 1 amide bonds. The molecule has 1 aromatic heterocycles. The number of hydrogen-bond donors (Lipinski definition) is 1. The van der Waals surface area contributed by atoms with E-state index in [1.165, 1.54) is 6.08 Å². The highest BCUT2D eigenvalue weighted by atomic mass is 35.5. The Labute approximate surface area is 180 Å². The molecule has 1 N–H and O–H groups in total. The van der Waals surface area contributed by atoms with E-state index in [4.69, 9.17) is 16.7 Å². The summed E-state index contributed by atoms with van der Waals surface area (Å²) < 4.78 is 0. The maximum absolute atomic E-state index is 12.7. The number of amides is 1. The SMILES string of the molecule is O=C(/C=C/c1cccc(/C=C/C(=O)N2CC3CC2CN3c2ccc(Cl)cc2)n1)CO. The lowest BCUT2D eigenvalue weighted by atomic mass is 10.2. The molecule has 2 unspecified atom stereocenters. The lowest BCUT2D eigenvalue weighted by Crippen LogP contribution is -2.48. The van der Waals surface area contributed by atoms with Gasteiger partial charge in [0.15, 0.2) is 5.78 Å². The van der Waals surface area contributed by atoms with Gasteiger partial charge in [0.2, 0.25) is 5.91 Å². The summed E-state index contributed by atoms with van der Waals surface area (Å²) >= 11 is 5.98. The average molecular weight is 424 g/mol. The molecule has 4 rings (SSSR count). The van der Waals surface area contributed by atoms with E-state index in [9.17, 15) is 9.59 Å². The predicted octanol–water partition coefficient (Wildman–Crippen LogP) is 2.81. The van der Waals surface area contributed by atoms with E-state index in [0.717, 1.165) is 23.7 Å². The molecular weight excluding hydrogens is 402 g/mol. The maximum Gasteiger partial charge on any atom is 0.247 e. The number of halogens is 1. The third kappa shape index (κ3) is 4.45. The molecule has 3 heterocycles. The third-order valence-electron chi connectivity index (χ3n) is 5.47. The van der Waals surface area contributed by atoms with Crippen molar-refractivity contribution in [1.29, 1.82) is 0 Å². The molecule has 2 atom stereocenters. The molecule has 154 valence electrons. The molecule has 2 fully saturated rings. The first-order valence-corrected chi connectivity index (χ1v) is 10.2. The molecule has 2 aromatic rings. The smallest absolute Gasteiger partial charge is 0.247 e. The van der Waals surface area contributed by atoms with Gasteiger partial charge in [0.1, 0.15) is 6.61 Å². The number of carbonyl (C=O) groups excluding carboxylic acids is 2. The van der Waals surface area contributed by atoms with E-state index in [1.807, 2.05) is 35.2 Å². The number of hydrogen-bond acceptors (Lipinski definition) is 5. The van der Waals surface area contributed by atoms with Crippen molar-refractivity contribution in [2.24, 2.45) is 0 Å². The number of anilines is 1. The van der Waals surface area contributed by atoms with Crippen molar-refractivity contribution in [2.45, 2.75) is 18.5 Å². The fraction of sp³-hybridized carbons (Fsp3) is 0.261. The van der Waals surface area contributed by atoms with Crippen LogP contribution in [0.3, 0.4) is 0 Å². The van der Waals surface area contributed by atoms with Gasteiger partial charge in [0, 0.05) is 35.9 Å². The number of benzene rings is 1. The minimum absolute atomic E-state index is 0.0172. The lowest BCUT2D eigenvalue weighted by molar-refractivity contribution is -0.127. The quantitative estimate of drug-likeness (QED) is 0.723. The summed E-state index contributed by atoms with van der Waals surface area (Å²) in [6, 6.07) is 13.7. The van der Waals surface area contributed by atoms with Crippen LogP contribution in [0.4, 0.5) is 5.69 Å². The molecule has 0 aliphatic carbocycles. The van der Waals surface area contributed by atoms with Crippen LogP contribution in [0.25, 0.3) is 12.2 Å². The van der Waals surface area contributed by atoms with Gasteiger partial charge >= 0.3 is 0 Å². The molecule has 2 aliphatic heterocycles. The van der Waals surface area contributed by atoms with Gasteiger partial charge < -0.3 is 14.9 Å². The topological polar surface area (TPSA) is 73.7 Å². The van der Waals surface area contributed by atoms with Gasteiger partial charge in [-0.05, 0) is 61.0 Å². The fourth-order valence-electron chi connectivity index (χ4n) is 4.02. The lowest BCUT2D eigenvalue weighted by Gasteiger charge is -2.35. The molecule has 7 heteroatoms. The van der Waals surface area contributed by atoms with Gasteiger partial charge in [-0.1, -0.05) is 17.7 Å². The Bertz CT molecular complexity index is 1000. The number of carbonyl (C=O) groups is 2. The number of piperazine rings is 1. The summed E-state index contributed by atoms with van der Waals surface area (Å²) in [6.45, 7) is 0.997. The van der Waals surface area contributed by atoms with E-state index >= 15 is 0 Å². The Hall–Kier alpha value is -2.96. The molecule has 0 spiro atoms. The average Bonchev–Trinajstić information content (AvgIpc) is 3.38. The number of rotatable bonds is 6. The van der Waals surface area contributed by atoms with E-state index in [2.05, 4.69) is 9.88 Å². The molecule has 2 saturated heterocycles. The third-order valence-corrected chi connectivity index (χ3v) is 5.72. The van der Waals surface area contributed by atoms with Crippen LogP contribution in [0.2, 0.25) is 5.02 Å². The predicted molar refractivity (Wildman–Crippen MR) is 117 cm³/mol. The zero-order chi connectivity index (χ0) is 21.1. The van der Waals surface area contributed by atoms with Gasteiger partial charge in [0.25, 0.3) is 0 Å².